The lowest BCUT2D eigenvalue weighted by Crippen LogP contribution is -2.45. The fourth-order valence-corrected chi connectivity index (χ4v) is 3.71. The Morgan fingerprint density at radius 1 is 1.08 bits per heavy atom. The van der Waals surface area contributed by atoms with Gasteiger partial charge in [0.05, 0.1) is 37.9 Å². The molecule has 1 aliphatic carbocycles. The number of fused-ring (bicyclic) bond motifs is 2. The number of aromatic amines is 1. The Bertz CT molecular complexity index is 889. The molecule has 0 saturated carbocycles. The minimum atomic E-state index is -0.493. The van der Waals surface area contributed by atoms with Crippen LogP contribution in [0.2, 0.25) is 0 Å². The van der Waals surface area contributed by atoms with E-state index >= 15 is 0 Å². The lowest BCUT2D eigenvalue weighted by Gasteiger charge is -2.32. The van der Waals surface area contributed by atoms with Crippen molar-refractivity contribution in [1.29, 1.82) is 0 Å². The number of benzene rings is 2. The molecule has 1 aliphatic rings. The van der Waals surface area contributed by atoms with E-state index in [1.807, 2.05) is 36.4 Å². The number of aliphatic hydroxyl groups excluding tert-OH is 1. The number of ether oxygens (including phenoxy) is 2. The Balaban J connectivity index is 1.53. The van der Waals surface area contributed by atoms with Crippen LogP contribution in [0.1, 0.15) is 17.0 Å². The topological polar surface area (TPSA) is 79.4 Å². The average Bonchev–Trinajstić information content (AvgIpc) is 3.08. The molecule has 1 heterocycles. The zero-order valence-electron chi connectivity index (χ0n) is 15.0. The standard InChI is InChI=1S/C20H23N3O3/c1-25-18-7-8-19(26-2)13-10-17(24)16(9-12(13)18)21-11-20-22-14-5-3-4-6-15(14)23-20/h3-8,16-17,21,24H,9-11H2,1-2H3,(H,22,23)/t16-,17-/m1/s1. The van der Waals surface area contributed by atoms with Crippen molar-refractivity contribution in [2.24, 2.45) is 0 Å². The van der Waals surface area contributed by atoms with Crippen molar-refractivity contribution in [2.45, 2.75) is 31.5 Å². The molecule has 6 heteroatoms. The molecule has 6 nitrogen and oxygen atoms in total. The van der Waals surface area contributed by atoms with Crippen LogP contribution in [0.4, 0.5) is 0 Å². The number of para-hydroxylation sites is 2. The number of H-pyrrole nitrogens is 1. The summed E-state index contributed by atoms with van der Waals surface area (Å²) in [6, 6.07) is 11.7. The largest absolute Gasteiger partial charge is 0.496 e. The normalized spacial score (nSPS) is 19.3. The summed E-state index contributed by atoms with van der Waals surface area (Å²) in [5, 5.41) is 14.1. The molecule has 0 fully saturated rings. The first kappa shape index (κ1) is 16.9. The minimum absolute atomic E-state index is 0.0725. The summed E-state index contributed by atoms with van der Waals surface area (Å²) in [4.78, 5) is 7.89. The molecule has 3 aromatic rings. The highest BCUT2D eigenvalue weighted by Gasteiger charge is 2.31. The highest BCUT2D eigenvalue weighted by Crippen LogP contribution is 2.36. The Morgan fingerprint density at radius 3 is 2.46 bits per heavy atom. The maximum Gasteiger partial charge on any atom is 0.122 e. The van der Waals surface area contributed by atoms with Gasteiger partial charge in [-0.15, -0.1) is 0 Å². The fourth-order valence-electron chi connectivity index (χ4n) is 3.71. The van der Waals surface area contributed by atoms with Crippen molar-refractivity contribution in [1.82, 2.24) is 15.3 Å². The first-order valence-corrected chi connectivity index (χ1v) is 8.77. The minimum Gasteiger partial charge on any atom is -0.496 e. The van der Waals surface area contributed by atoms with E-state index in [4.69, 9.17) is 9.47 Å². The van der Waals surface area contributed by atoms with Gasteiger partial charge in [-0.3, -0.25) is 0 Å². The number of nitrogens with one attached hydrogen (secondary N) is 2. The number of hydrogen-bond acceptors (Lipinski definition) is 5. The quantitative estimate of drug-likeness (QED) is 0.655. The van der Waals surface area contributed by atoms with E-state index < -0.39 is 6.10 Å². The summed E-state index contributed by atoms with van der Waals surface area (Å²) in [7, 11) is 3.32. The average molecular weight is 353 g/mol. The first-order chi connectivity index (χ1) is 12.7. The molecule has 0 spiro atoms. The van der Waals surface area contributed by atoms with Crippen LogP contribution in [0.15, 0.2) is 36.4 Å². The van der Waals surface area contributed by atoms with E-state index in [2.05, 4.69) is 15.3 Å². The second-order valence-corrected chi connectivity index (χ2v) is 6.59. The summed E-state index contributed by atoms with van der Waals surface area (Å²) < 4.78 is 11.0. The van der Waals surface area contributed by atoms with Gasteiger partial charge in [0.1, 0.15) is 17.3 Å². The van der Waals surface area contributed by atoms with Crippen molar-refractivity contribution < 1.29 is 14.6 Å². The molecule has 0 radical (unpaired) electrons. The lowest BCUT2D eigenvalue weighted by atomic mass is 9.85. The number of aliphatic hydroxyl groups is 1. The van der Waals surface area contributed by atoms with E-state index in [0.29, 0.717) is 19.4 Å². The summed E-state index contributed by atoms with van der Waals surface area (Å²) >= 11 is 0. The van der Waals surface area contributed by atoms with E-state index in [0.717, 1.165) is 39.5 Å². The van der Waals surface area contributed by atoms with E-state index in [9.17, 15) is 5.11 Å². The van der Waals surface area contributed by atoms with Crippen LogP contribution in [0.5, 0.6) is 11.5 Å². The van der Waals surface area contributed by atoms with Crippen molar-refractivity contribution >= 4 is 11.0 Å². The van der Waals surface area contributed by atoms with Gasteiger partial charge in [0.2, 0.25) is 0 Å². The van der Waals surface area contributed by atoms with Crippen LogP contribution in [-0.2, 0) is 19.4 Å². The number of nitrogens with zero attached hydrogens (tertiary/aromatic N) is 1. The highest BCUT2D eigenvalue weighted by molar-refractivity contribution is 5.74. The van der Waals surface area contributed by atoms with Crippen LogP contribution in [0.25, 0.3) is 11.0 Å². The van der Waals surface area contributed by atoms with Gasteiger partial charge in [0, 0.05) is 23.6 Å². The summed E-state index contributed by atoms with van der Waals surface area (Å²) in [6.45, 7) is 0.567. The van der Waals surface area contributed by atoms with E-state index in [1.54, 1.807) is 14.2 Å². The van der Waals surface area contributed by atoms with Crippen LogP contribution >= 0.6 is 0 Å². The second-order valence-electron chi connectivity index (χ2n) is 6.59. The predicted octanol–water partition coefficient (Wildman–Crippen LogP) is 2.20. The van der Waals surface area contributed by atoms with Crippen LogP contribution < -0.4 is 14.8 Å². The van der Waals surface area contributed by atoms with Gasteiger partial charge >= 0.3 is 0 Å². The van der Waals surface area contributed by atoms with E-state index in [-0.39, 0.29) is 6.04 Å². The molecule has 4 rings (SSSR count). The zero-order valence-corrected chi connectivity index (χ0v) is 15.0. The summed E-state index contributed by atoms with van der Waals surface area (Å²) in [5.74, 6) is 2.50. The van der Waals surface area contributed by atoms with Crippen molar-refractivity contribution in [3.05, 3.63) is 53.3 Å². The molecule has 0 bridgehead atoms. The Morgan fingerprint density at radius 2 is 1.77 bits per heavy atom. The predicted molar refractivity (Wildman–Crippen MR) is 99.7 cm³/mol. The molecule has 0 amide bonds. The smallest absolute Gasteiger partial charge is 0.122 e. The second kappa shape index (κ2) is 6.97. The lowest BCUT2D eigenvalue weighted by molar-refractivity contribution is 0.116. The molecule has 136 valence electrons. The molecule has 0 unspecified atom stereocenters. The number of methoxy groups -OCH3 is 2. The van der Waals surface area contributed by atoms with Gasteiger partial charge in [-0.05, 0) is 30.7 Å². The maximum absolute atomic E-state index is 10.6. The number of hydrogen-bond donors (Lipinski definition) is 3. The monoisotopic (exact) mass is 353 g/mol. The Labute approximate surface area is 152 Å². The zero-order chi connectivity index (χ0) is 18.1. The van der Waals surface area contributed by atoms with Gasteiger partial charge < -0.3 is 24.9 Å². The van der Waals surface area contributed by atoms with Gasteiger partial charge in [-0.25, -0.2) is 4.98 Å². The van der Waals surface area contributed by atoms with Gasteiger partial charge in [0.15, 0.2) is 0 Å². The third-order valence-electron chi connectivity index (χ3n) is 5.06. The van der Waals surface area contributed by atoms with Gasteiger partial charge in [-0.1, -0.05) is 12.1 Å². The number of rotatable bonds is 5. The molecule has 2 atom stereocenters. The summed E-state index contributed by atoms with van der Waals surface area (Å²) in [6.07, 6.45) is 0.720. The maximum atomic E-state index is 10.6. The SMILES string of the molecule is COc1ccc(OC)c2c1C[C@@H](O)[C@H](NCc1nc3ccccc3[nH]1)C2. The van der Waals surface area contributed by atoms with Crippen molar-refractivity contribution in [2.75, 3.05) is 14.2 Å². The summed E-state index contributed by atoms with van der Waals surface area (Å²) in [5.41, 5.74) is 4.09. The molecular weight excluding hydrogens is 330 g/mol. The van der Waals surface area contributed by atoms with Crippen molar-refractivity contribution in [3.63, 3.8) is 0 Å². The van der Waals surface area contributed by atoms with Gasteiger partial charge in [0.25, 0.3) is 0 Å². The highest BCUT2D eigenvalue weighted by atomic mass is 16.5. The molecular formula is C20H23N3O3. The van der Waals surface area contributed by atoms with Crippen molar-refractivity contribution in [3.8, 4) is 11.5 Å². The number of imidazole rings is 1. The molecule has 26 heavy (non-hydrogen) atoms. The van der Waals surface area contributed by atoms with Crippen LogP contribution in [0, 0.1) is 0 Å². The third kappa shape index (κ3) is 3.02. The molecule has 0 aliphatic heterocycles. The molecule has 0 saturated heterocycles. The Kier molecular flexibility index (Phi) is 4.53. The third-order valence-corrected chi connectivity index (χ3v) is 5.06. The number of aromatic nitrogens is 2. The van der Waals surface area contributed by atoms with Crippen LogP contribution in [0.3, 0.4) is 0 Å². The first-order valence-electron chi connectivity index (χ1n) is 8.77. The molecule has 3 N–H and O–H groups in total. The van der Waals surface area contributed by atoms with Crippen LogP contribution in [-0.4, -0.2) is 41.4 Å². The van der Waals surface area contributed by atoms with Gasteiger partial charge in [-0.2, -0.15) is 0 Å². The molecule has 2 aromatic carbocycles. The Hall–Kier alpha value is -2.57. The fraction of sp³-hybridized carbons (Fsp3) is 0.350. The molecule has 1 aromatic heterocycles. The van der Waals surface area contributed by atoms with E-state index in [1.165, 1.54) is 0 Å².